The van der Waals surface area contributed by atoms with Crippen LogP contribution in [0.3, 0.4) is 0 Å². The van der Waals surface area contributed by atoms with Crippen LogP contribution < -0.4 is 5.73 Å². The third-order valence-electron chi connectivity index (χ3n) is 2.61. The Morgan fingerprint density at radius 2 is 2.16 bits per heavy atom. The van der Waals surface area contributed by atoms with E-state index in [-0.39, 0.29) is 24.5 Å². The maximum Gasteiger partial charge on any atom is 0.244 e. The first kappa shape index (κ1) is 15.6. The molecule has 0 radical (unpaired) electrons. The van der Waals surface area contributed by atoms with E-state index in [4.69, 9.17) is 12.2 Å². The first-order chi connectivity index (χ1) is 8.97. The lowest BCUT2D eigenvalue weighted by atomic mass is 10.2. The number of nitrogens with zero attached hydrogens (tertiary/aromatic N) is 1. The molecular weight excluding hydrogens is 267 g/mol. The Morgan fingerprint density at radius 1 is 1.47 bits per heavy atom. The molecule has 0 bridgehead atoms. The van der Waals surface area contributed by atoms with Gasteiger partial charge in [-0.3, -0.25) is 0 Å². The Kier molecular flexibility index (Phi) is 5.48. The van der Waals surface area contributed by atoms with Crippen molar-refractivity contribution in [2.24, 2.45) is 5.73 Å². The molecule has 104 valence electrons. The standard InChI is InChI=1S/C13H17FN2O2S/c1-3-7-16(8-4-2)19(17,18)13-9-12(14)6-5-11(13)10-15/h1,5-6,9H,4,7-8,10,15H2,2H3. The molecule has 1 aromatic rings. The van der Waals surface area contributed by atoms with E-state index < -0.39 is 15.8 Å². The van der Waals surface area contributed by atoms with E-state index in [9.17, 15) is 12.8 Å². The summed E-state index contributed by atoms with van der Waals surface area (Å²) < 4.78 is 39.3. The lowest BCUT2D eigenvalue weighted by Crippen LogP contribution is -2.33. The topological polar surface area (TPSA) is 63.4 Å². The summed E-state index contributed by atoms with van der Waals surface area (Å²) in [6, 6.07) is 3.55. The maximum atomic E-state index is 13.3. The van der Waals surface area contributed by atoms with Gasteiger partial charge < -0.3 is 5.73 Å². The van der Waals surface area contributed by atoms with Crippen molar-refractivity contribution in [2.45, 2.75) is 24.8 Å². The minimum absolute atomic E-state index is 0.0187. The van der Waals surface area contributed by atoms with Crippen LogP contribution in [0.2, 0.25) is 0 Å². The number of hydrogen-bond donors (Lipinski definition) is 1. The van der Waals surface area contributed by atoms with E-state index >= 15 is 0 Å². The van der Waals surface area contributed by atoms with Crippen molar-refractivity contribution >= 4 is 10.0 Å². The van der Waals surface area contributed by atoms with Gasteiger partial charge in [-0.1, -0.05) is 18.9 Å². The average molecular weight is 284 g/mol. The van der Waals surface area contributed by atoms with Gasteiger partial charge in [0.25, 0.3) is 0 Å². The van der Waals surface area contributed by atoms with Gasteiger partial charge in [0, 0.05) is 13.1 Å². The number of benzene rings is 1. The van der Waals surface area contributed by atoms with Gasteiger partial charge in [0.2, 0.25) is 10.0 Å². The normalized spacial score (nSPS) is 11.5. The third kappa shape index (κ3) is 3.53. The Balaban J connectivity index is 3.32. The molecule has 0 aliphatic heterocycles. The van der Waals surface area contributed by atoms with E-state index in [1.165, 1.54) is 12.1 Å². The number of hydrogen-bond acceptors (Lipinski definition) is 3. The second kappa shape index (κ2) is 6.66. The monoisotopic (exact) mass is 284 g/mol. The summed E-state index contributed by atoms with van der Waals surface area (Å²) in [4.78, 5) is -0.112. The van der Waals surface area contributed by atoms with Crippen molar-refractivity contribution in [2.75, 3.05) is 13.1 Å². The molecule has 0 aromatic heterocycles. The van der Waals surface area contributed by atoms with Crippen LogP contribution in [0, 0.1) is 18.2 Å². The summed E-state index contributed by atoms with van der Waals surface area (Å²) >= 11 is 0. The summed E-state index contributed by atoms with van der Waals surface area (Å²) in [5, 5.41) is 0. The molecule has 0 aliphatic rings. The minimum Gasteiger partial charge on any atom is -0.326 e. The highest BCUT2D eigenvalue weighted by Crippen LogP contribution is 2.21. The van der Waals surface area contributed by atoms with Gasteiger partial charge in [0.15, 0.2) is 0 Å². The van der Waals surface area contributed by atoms with Crippen molar-refractivity contribution in [1.29, 1.82) is 0 Å². The molecule has 4 nitrogen and oxygen atoms in total. The van der Waals surface area contributed by atoms with Crippen LogP contribution in [-0.2, 0) is 16.6 Å². The van der Waals surface area contributed by atoms with E-state index in [0.717, 1.165) is 10.4 Å². The molecule has 2 N–H and O–H groups in total. The molecule has 6 heteroatoms. The number of sulfonamides is 1. The minimum atomic E-state index is -3.82. The van der Waals surface area contributed by atoms with Gasteiger partial charge in [-0.05, 0) is 24.1 Å². The zero-order valence-electron chi connectivity index (χ0n) is 10.8. The van der Waals surface area contributed by atoms with E-state index in [1.54, 1.807) is 0 Å². The van der Waals surface area contributed by atoms with Crippen molar-refractivity contribution in [3.8, 4) is 12.3 Å². The second-order valence-electron chi connectivity index (χ2n) is 4.00. The third-order valence-corrected chi connectivity index (χ3v) is 4.53. The fourth-order valence-corrected chi connectivity index (χ4v) is 3.40. The zero-order chi connectivity index (χ0) is 14.5. The van der Waals surface area contributed by atoms with Crippen LogP contribution in [0.15, 0.2) is 23.1 Å². The van der Waals surface area contributed by atoms with Crippen LogP contribution in [0.25, 0.3) is 0 Å². The predicted octanol–water partition coefficient (Wildman–Crippen LogP) is 1.32. The predicted molar refractivity (Wildman–Crippen MR) is 72.2 cm³/mol. The highest BCUT2D eigenvalue weighted by atomic mass is 32.2. The SMILES string of the molecule is C#CCN(CCC)S(=O)(=O)c1cc(F)ccc1CN. The Labute approximate surface area is 113 Å². The van der Waals surface area contributed by atoms with E-state index in [0.29, 0.717) is 12.0 Å². The van der Waals surface area contributed by atoms with Gasteiger partial charge in [-0.15, -0.1) is 6.42 Å². The Bertz CT molecular complexity index is 579. The van der Waals surface area contributed by atoms with Crippen LogP contribution >= 0.6 is 0 Å². The molecule has 0 saturated heterocycles. The van der Waals surface area contributed by atoms with Crippen LogP contribution in [0.5, 0.6) is 0 Å². The fraction of sp³-hybridized carbons (Fsp3) is 0.385. The first-order valence-corrected chi connectivity index (χ1v) is 7.33. The molecule has 0 aliphatic carbocycles. The van der Waals surface area contributed by atoms with E-state index in [1.807, 2.05) is 6.92 Å². The zero-order valence-corrected chi connectivity index (χ0v) is 11.6. The lowest BCUT2D eigenvalue weighted by molar-refractivity contribution is 0.444. The Morgan fingerprint density at radius 3 is 2.68 bits per heavy atom. The van der Waals surface area contributed by atoms with Gasteiger partial charge >= 0.3 is 0 Å². The Hall–Kier alpha value is -1.42. The quantitative estimate of drug-likeness (QED) is 0.801. The van der Waals surface area contributed by atoms with Gasteiger partial charge in [-0.25, -0.2) is 12.8 Å². The van der Waals surface area contributed by atoms with Crippen molar-refractivity contribution in [1.82, 2.24) is 4.31 Å². The second-order valence-corrected chi connectivity index (χ2v) is 5.91. The number of halogens is 1. The van der Waals surface area contributed by atoms with E-state index in [2.05, 4.69) is 5.92 Å². The average Bonchev–Trinajstić information content (AvgIpc) is 2.38. The highest BCUT2D eigenvalue weighted by Gasteiger charge is 2.25. The fourth-order valence-electron chi connectivity index (χ4n) is 1.71. The smallest absolute Gasteiger partial charge is 0.244 e. The largest absolute Gasteiger partial charge is 0.326 e. The van der Waals surface area contributed by atoms with Crippen molar-refractivity contribution in [3.05, 3.63) is 29.6 Å². The van der Waals surface area contributed by atoms with Gasteiger partial charge in [-0.2, -0.15) is 4.31 Å². The first-order valence-electron chi connectivity index (χ1n) is 5.89. The van der Waals surface area contributed by atoms with Crippen molar-refractivity contribution in [3.63, 3.8) is 0 Å². The molecule has 0 unspecified atom stereocenters. The highest BCUT2D eigenvalue weighted by molar-refractivity contribution is 7.89. The summed E-state index contributed by atoms with van der Waals surface area (Å²) in [5.74, 6) is 1.68. The maximum absolute atomic E-state index is 13.3. The lowest BCUT2D eigenvalue weighted by Gasteiger charge is -2.20. The molecule has 0 saturated carbocycles. The number of terminal acetylenes is 1. The molecule has 0 heterocycles. The van der Waals surface area contributed by atoms with Gasteiger partial charge in [0.1, 0.15) is 5.82 Å². The van der Waals surface area contributed by atoms with Crippen LogP contribution in [0.1, 0.15) is 18.9 Å². The summed E-state index contributed by atoms with van der Waals surface area (Å²) in [6.45, 7) is 2.10. The van der Waals surface area contributed by atoms with Crippen molar-refractivity contribution < 1.29 is 12.8 Å². The summed E-state index contributed by atoms with van der Waals surface area (Å²) in [7, 11) is -3.82. The van der Waals surface area contributed by atoms with Crippen LogP contribution in [0.4, 0.5) is 4.39 Å². The number of nitrogens with two attached hydrogens (primary N) is 1. The molecule has 1 aromatic carbocycles. The molecule has 1 rings (SSSR count). The molecule has 19 heavy (non-hydrogen) atoms. The molecule has 0 fully saturated rings. The molecule has 0 atom stereocenters. The molecule has 0 spiro atoms. The summed E-state index contributed by atoms with van der Waals surface area (Å²) in [5.41, 5.74) is 5.87. The van der Waals surface area contributed by atoms with Crippen LogP contribution in [-0.4, -0.2) is 25.8 Å². The molecular formula is C13H17FN2O2S. The van der Waals surface area contributed by atoms with Gasteiger partial charge in [0.05, 0.1) is 11.4 Å². The summed E-state index contributed by atoms with van der Waals surface area (Å²) in [6.07, 6.45) is 5.80. The molecule has 0 amide bonds. The number of rotatable bonds is 6.